The first-order valence-corrected chi connectivity index (χ1v) is 5.54. The van der Waals surface area contributed by atoms with E-state index in [-0.39, 0.29) is 25.3 Å². The number of nitrogens with one attached hydrogen (secondary N) is 1. The average Bonchev–Trinajstić information content (AvgIpc) is 2.37. The Bertz CT molecular complexity index is 531. The number of benzene rings is 1. The number of aromatic hydroxyl groups is 1. The zero-order valence-corrected chi connectivity index (χ0v) is 10.4. The Balaban J connectivity index is 2.58. The normalized spacial score (nSPS) is 10.0. The first-order valence-electron chi connectivity index (χ1n) is 5.54. The molecule has 1 rings (SSSR count). The van der Waals surface area contributed by atoms with Crippen molar-refractivity contribution in [3.05, 3.63) is 33.9 Å². The SMILES string of the molecule is NC(=O)COCCNC(=O)c1cccc([N+](=O)[O-])c1O. The lowest BCUT2D eigenvalue weighted by molar-refractivity contribution is -0.385. The number of phenolic OH excluding ortho intramolecular Hbond substituents is 1. The number of carbonyl (C=O) groups is 2. The van der Waals surface area contributed by atoms with Crippen LogP contribution < -0.4 is 11.1 Å². The molecule has 0 spiro atoms. The number of amides is 2. The van der Waals surface area contributed by atoms with Gasteiger partial charge in [-0.15, -0.1) is 0 Å². The lowest BCUT2D eigenvalue weighted by Crippen LogP contribution is -2.28. The second-order valence-corrected chi connectivity index (χ2v) is 3.71. The minimum Gasteiger partial charge on any atom is -0.502 e. The first-order chi connectivity index (χ1) is 9.43. The molecule has 4 N–H and O–H groups in total. The third-order valence-corrected chi connectivity index (χ3v) is 2.23. The van der Waals surface area contributed by atoms with E-state index in [2.05, 4.69) is 5.32 Å². The van der Waals surface area contributed by atoms with Crippen molar-refractivity contribution in [2.75, 3.05) is 19.8 Å². The summed E-state index contributed by atoms with van der Waals surface area (Å²) in [6.07, 6.45) is 0. The standard InChI is InChI=1S/C11H13N3O6/c12-9(15)6-20-5-4-13-11(17)7-2-1-3-8(10(7)16)14(18)19/h1-3,16H,4-6H2,(H2,12,15)(H,13,17). The van der Waals surface area contributed by atoms with Gasteiger partial charge in [-0.05, 0) is 6.07 Å². The smallest absolute Gasteiger partial charge is 0.311 e. The topological polar surface area (TPSA) is 145 Å². The predicted octanol–water partition coefficient (Wildman–Crippen LogP) is -0.468. The van der Waals surface area contributed by atoms with Crippen LogP contribution in [0.4, 0.5) is 5.69 Å². The zero-order valence-electron chi connectivity index (χ0n) is 10.4. The highest BCUT2D eigenvalue weighted by atomic mass is 16.6. The van der Waals surface area contributed by atoms with Crippen molar-refractivity contribution in [1.29, 1.82) is 0 Å². The van der Waals surface area contributed by atoms with Crippen molar-refractivity contribution in [3.63, 3.8) is 0 Å². The number of phenols is 1. The van der Waals surface area contributed by atoms with Crippen molar-refractivity contribution in [1.82, 2.24) is 5.32 Å². The lowest BCUT2D eigenvalue weighted by Gasteiger charge is -2.07. The molecule has 0 saturated carbocycles. The number of ether oxygens (including phenoxy) is 1. The summed E-state index contributed by atoms with van der Waals surface area (Å²) in [6, 6.07) is 3.63. The molecule has 0 aliphatic rings. The van der Waals surface area contributed by atoms with Gasteiger partial charge in [0.15, 0.2) is 0 Å². The van der Waals surface area contributed by atoms with Crippen LogP contribution in [0.15, 0.2) is 18.2 Å². The maximum absolute atomic E-state index is 11.7. The van der Waals surface area contributed by atoms with Crippen LogP contribution in [0.5, 0.6) is 5.75 Å². The van der Waals surface area contributed by atoms with E-state index in [9.17, 15) is 24.8 Å². The molecular weight excluding hydrogens is 270 g/mol. The summed E-state index contributed by atoms with van der Waals surface area (Å²) in [5, 5.41) is 22.6. The number of primary amides is 1. The van der Waals surface area contributed by atoms with Crippen molar-refractivity contribution in [2.24, 2.45) is 5.73 Å². The summed E-state index contributed by atoms with van der Waals surface area (Å²) in [4.78, 5) is 31.9. The molecule has 0 saturated heterocycles. The highest BCUT2D eigenvalue weighted by Gasteiger charge is 2.20. The summed E-state index contributed by atoms with van der Waals surface area (Å²) >= 11 is 0. The summed E-state index contributed by atoms with van der Waals surface area (Å²) in [6.45, 7) is -0.156. The lowest BCUT2D eigenvalue weighted by atomic mass is 10.1. The second-order valence-electron chi connectivity index (χ2n) is 3.71. The van der Waals surface area contributed by atoms with E-state index < -0.39 is 28.2 Å². The number of hydrogen-bond donors (Lipinski definition) is 3. The minimum absolute atomic E-state index is 0.0460. The van der Waals surface area contributed by atoms with Crippen LogP contribution in [-0.2, 0) is 9.53 Å². The van der Waals surface area contributed by atoms with Crippen LogP contribution in [0.2, 0.25) is 0 Å². The molecule has 0 radical (unpaired) electrons. The molecule has 0 heterocycles. The van der Waals surface area contributed by atoms with E-state index in [0.717, 1.165) is 6.07 Å². The molecule has 20 heavy (non-hydrogen) atoms. The number of nitro benzene ring substituents is 1. The van der Waals surface area contributed by atoms with Crippen LogP contribution in [0.3, 0.4) is 0 Å². The number of hydrogen-bond acceptors (Lipinski definition) is 6. The molecule has 0 fully saturated rings. The molecular formula is C11H13N3O6. The second kappa shape index (κ2) is 7.04. The Kier molecular flexibility index (Phi) is 5.42. The maximum atomic E-state index is 11.7. The molecule has 0 aliphatic heterocycles. The summed E-state index contributed by atoms with van der Waals surface area (Å²) in [5.41, 5.74) is 4.08. The number of para-hydroxylation sites is 1. The molecule has 9 heteroatoms. The van der Waals surface area contributed by atoms with Crippen LogP contribution in [0, 0.1) is 10.1 Å². The molecule has 0 aliphatic carbocycles. The molecule has 2 amide bonds. The van der Waals surface area contributed by atoms with E-state index in [4.69, 9.17) is 10.5 Å². The third kappa shape index (κ3) is 4.21. The fourth-order valence-electron chi connectivity index (χ4n) is 1.37. The Hall–Kier alpha value is -2.68. The van der Waals surface area contributed by atoms with Gasteiger partial charge < -0.3 is 20.9 Å². The van der Waals surface area contributed by atoms with Gasteiger partial charge in [0.1, 0.15) is 6.61 Å². The molecule has 0 atom stereocenters. The monoisotopic (exact) mass is 283 g/mol. The number of nitrogens with two attached hydrogens (primary N) is 1. The molecule has 0 aromatic heterocycles. The summed E-state index contributed by atoms with van der Waals surface area (Å²) in [5.74, 6) is -2.02. The summed E-state index contributed by atoms with van der Waals surface area (Å²) < 4.78 is 4.81. The third-order valence-electron chi connectivity index (χ3n) is 2.23. The highest BCUT2D eigenvalue weighted by Crippen LogP contribution is 2.28. The Morgan fingerprint density at radius 2 is 2.15 bits per heavy atom. The van der Waals surface area contributed by atoms with Gasteiger partial charge in [-0.2, -0.15) is 0 Å². The van der Waals surface area contributed by atoms with Gasteiger partial charge in [0.25, 0.3) is 5.91 Å². The first kappa shape index (κ1) is 15.4. The van der Waals surface area contributed by atoms with E-state index in [1.54, 1.807) is 0 Å². The fourth-order valence-corrected chi connectivity index (χ4v) is 1.37. The molecule has 0 bridgehead atoms. The number of nitro groups is 1. The van der Waals surface area contributed by atoms with Gasteiger partial charge in [-0.25, -0.2) is 0 Å². The van der Waals surface area contributed by atoms with Gasteiger partial charge in [0.2, 0.25) is 11.7 Å². The van der Waals surface area contributed by atoms with E-state index in [1.807, 2.05) is 0 Å². The van der Waals surface area contributed by atoms with Gasteiger partial charge in [-0.3, -0.25) is 19.7 Å². The molecule has 1 aromatic rings. The number of nitrogens with zero attached hydrogens (tertiary/aromatic N) is 1. The average molecular weight is 283 g/mol. The predicted molar refractivity (Wildman–Crippen MR) is 67.1 cm³/mol. The van der Waals surface area contributed by atoms with Crippen LogP contribution >= 0.6 is 0 Å². The Labute approximate surface area is 113 Å². The van der Waals surface area contributed by atoms with Crippen LogP contribution in [0.1, 0.15) is 10.4 Å². The molecule has 9 nitrogen and oxygen atoms in total. The number of carbonyl (C=O) groups excluding carboxylic acids is 2. The minimum atomic E-state index is -0.790. The van der Waals surface area contributed by atoms with Crippen molar-refractivity contribution in [2.45, 2.75) is 0 Å². The van der Waals surface area contributed by atoms with E-state index in [1.165, 1.54) is 12.1 Å². The quantitative estimate of drug-likeness (QED) is 0.350. The molecule has 1 aromatic carbocycles. The molecule has 0 unspecified atom stereocenters. The van der Waals surface area contributed by atoms with E-state index in [0.29, 0.717) is 0 Å². The van der Waals surface area contributed by atoms with Crippen molar-refractivity contribution in [3.8, 4) is 5.75 Å². The van der Waals surface area contributed by atoms with Gasteiger partial charge in [-0.1, -0.05) is 6.07 Å². The fraction of sp³-hybridized carbons (Fsp3) is 0.273. The largest absolute Gasteiger partial charge is 0.502 e. The van der Waals surface area contributed by atoms with Crippen molar-refractivity contribution < 1.29 is 24.4 Å². The Morgan fingerprint density at radius 3 is 2.75 bits per heavy atom. The van der Waals surface area contributed by atoms with Gasteiger partial charge >= 0.3 is 5.69 Å². The van der Waals surface area contributed by atoms with Gasteiger partial charge in [0.05, 0.1) is 17.1 Å². The van der Waals surface area contributed by atoms with Crippen LogP contribution in [0.25, 0.3) is 0 Å². The van der Waals surface area contributed by atoms with E-state index >= 15 is 0 Å². The maximum Gasteiger partial charge on any atom is 0.311 e. The summed E-state index contributed by atoms with van der Waals surface area (Å²) in [7, 11) is 0. The highest BCUT2D eigenvalue weighted by molar-refractivity contribution is 5.98. The van der Waals surface area contributed by atoms with Gasteiger partial charge in [0, 0.05) is 12.6 Å². The molecule has 108 valence electrons. The zero-order chi connectivity index (χ0) is 15.1. The van der Waals surface area contributed by atoms with Crippen LogP contribution in [-0.4, -0.2) is 41.6 Å². The van der Waals surface area contributed by atoms with Crippen molar-refractivity contribution >= 4 is 17.5 Å². The Morgan fingerprint density at radius 1 is 1.45 bits per heavy atom. The number of rotatable bonds is 7.